The molecule has 4 aliphatic carbocycles. The third-order valence-corrected chi connectivity index (χ3v) is 8.20. The van der Waals surface area contributed by atoms with E-state index in [1.54, 1.807) is 0 Å². The fourth-order valence-electron chi connectivity index (χ4n) is 6.95. The number of hydrogen-bond acceptors (Lipinski definition) is 4. The summed E-state index contributed by atoms with van der Waals surface area (Å²) in [5.41, 5.74) is -4.37. The van der Waals surface area contributed by atoms with Crippen molar-refractivity contribution < 1.29 is 28.6 Å². The van der Waals surface area contributed by atoms with Crippen LogP contribution in [-0.2, 0) is 9.59 Å². The molecule has 3 fully saturated rings. The number of allylic oxidation sites excluding steroid dienone is 3. The molecule has 0 aromatic heterocycles. The van der Waals surface area contributed by atoms with Gasteiger partial charge < -0.3 is 10.2 Å². The first kappa shape index (κ1) is 18.8. The Morgan fingerprint density at radius 2 is 1.93 bits per heavy atom. The van der Waals surface area contributed by atoms with Gasteiger partial charge >= 0.3 is 0 Å². The molecule has 0 aliphatic heterocycles. The minimum Gasteiger partial charge on any atom is -0.504 e. The Kier molecular flexibility index (Phi) is 3.82. The van der Waals surface area contributed by atoms with E-state index in [4.69, 9.17) is 0 Å². The SMILES string of the molecule is CC(=O)[C@H]1CC[C@H]2[C@@H]3C[C@H](F)C4=CC(=O)C(O)=C[C@]4(C)[C@@]3(F)[C@@H](O)C[C@]12C. The van der Waals surface area contributed by atoms with Crippen LogP contribution in [-0.4, -0.2) is 39.7 Å². The van der Waals surface area contributed by atoms with Crippen LogP contribution >= 0.6 is 0 Å². The molecule has 0 aromatic carbocycles. The highest BCUT2D eigenvalue weighted by atomic mass is 19.1. The molecule has 0 bridgehead atoms. The Balaban J connectivity index is 1.86. The zero-order chi connectivity index (χ0) is 19.9. The molecule has 0 saturated heterocycles. The van der Waals surface area contributed by atoms with Crippen LogP contribution in [0.25, 0.3) is 0 Å². The summed E-state index contributed by atoms with van der Waals surface area (Å²) in [6, 6.07) is 0. The van der Waals surface area contributed by atoms with E-state index in [1.165, 1.54) is 13.8 Å². The van der Waals surface area contributed by atoms with Crippen LogP contribution in [0.3, 0.4) is 0 Å². The lowest BCUT2D eigenvalue weighted by Gasteiger charge is -2.62. The highest BCUT2D eigenvalue weighted by molar-refractivity contribution is 6.04. The molecule has 4 aliphatic rings. The number of Topliss-reactive ketones (excluding diaryl/α,β-unsaturated/α-hetero) is 1. The normalized spacial score (nSPS) is 51.6. The molecular formula is C21H26F2O4. The molecule has 0 amide bonds. The molecule has 3 saturated carbocycles. The van der Waals surface area contributed by atoms with Gasteiger partial charge in [0, 0.05) is 11.8 Å². The van der Waals surface area contributed by atoms with Gasteiger partial charge in [-0.05, 0) is 68.6 Å². The van der Waals surface area contributed by atoms with Crippen LogP contribution in [0.4, 0.5) is 8.78 Å². The van der Waals surface area contributed by atoms with Gasteiger partial charge in [-0.2, -0.15) is 0 Å². The van der Waals surface area contributed by atoms with Crippen LogP contribution in [0.15, 0.2) is 23.5 Å². The molecule has 2 N–H and O–H groups in total. The monoisotopic (exact) mass is 380 g/mol. The maximum atomic E-state index is 16.7. The first-order valence-corrected chi connectivity index (χ1v) is 9.66. The number of carbonyl (C=O) groups excluding carboxylic acids is 2. The van der Waals surface area contributed by atoms with Gasteiger partial charge in [-0.15, -0.1) is 0 Å². The molecule has 0 radical (unpaired) electrons. The highest BCUT2D eigenvalue weighted by Crippen LogP contribution is 2.69. The number of aliphatic hydroxyl groups excluding tert-OH is 2. The average molecular weight is 380 g/mol. The predicted octanol–water partition coefficient (Wildman–Crippen LogP) is 3.40. The number of hydrogen-bond donors (Lipinski definition) is 2. The molecule has 4 nitrogen and oxygen atoms in total. The van der Waals surface area contributed by atoms with Crippen LogP contribution in [0.1, 0.15) is 46.5 Å². The number of aliphatic hydroxyl groups is 2. The Bertz CT molecular complexity index is 789. The van der Waals surface area contributed by atoms with Crippen molar-refractivity contribution in [2.75, 3.05) is 0 Å². The predicted molar refractivity (Wildman–Crippen MR) is 94.4 cm³/mol. The smallest absolute Gasteiger partial charge is 0.219 e. The second kappa shape index (κ2) is 5.49. The Hall–Kier alpha value is -1.56. The largest absolute Gasteiger partial charge is 0.504 e. The van der Waals surface area contributed by atoms with E-state index in [0.29, 0.717) is 12.8 Å². The third-order valence-electron chi connectivity index (χ3n) is 8.20. The lowest BCUT2D eigenvalue weighted by Crippen LogP contribution is -2.68. The Morgan fingerprint density at radius 3 is 2.56 bits per heavy atom. The van der Waals surface area contributed by atoms with Crippen molar-refractivity contribution in [1.82, 2.24) is 0 Å². The molecule has 0 spiro atoms. The maximum absolute atomic E-state index is 16.7. The average Bonchev–Trinajstić information content (AvgIpc) is 2.90. The number of carbonyl (C=O) groups is 2. The van der Waals surface area contributed by atoms with Gasteiger partial charge in [0.15, 0.2) is 11.4 Å². The second-order valence-electron chi connectivity index (χ2n) is 9.35. The number of halogens is 2. The first-order chi connectivity index (χ1) is 12.5. The van der Waals surface area contributed by atoms with Crippen molar-refractivity contribution >= 4 is 11.6 Å². The molecule has 0 aromatic rings. The lowest BCUT2D eigenvalue weighted by atomic mass is 9.44. The van der Waals surface area contributed by atoms with Crippen molar-refractivity contribution in [3.05, 3.63) is 23.5 Å². The first-order valence-electron chi connectivity index (χ1n) is 9.66. The summed E-state index contributed by atoms with van der Waals surface area (Å²) >= 11 is 0. The van der Waals surface area contributed by atoms with Gasteiger partial charge in [-0.1, -0.05) is 6.92 Å². The van der Waals surface area contributed by atoms with E-state index in [-0.39, 0.29) is 36.0 Å². The molecule has 6 heteroatoms. The van der Waals surface area contributed by atoms with E-state index in [1.807, 2.05) is 6.92 Å². The lowest BCUT2D eigenvalue weighted by molar-refractivity contribution is -0.202. The van der Waals surface area contributed by atoms with Crippen molar-refractivity contribution in [2.24, 2.45) is 28.6 Å². The molecule has 148 valence electrons. The minimum atomic E-state index is -2.20. The van der Waals surface area contributed by atoms with E-state index < -0.39 is 46.2 Å². The Labute approximate surface area is 157 Å². The topological polar surface area (TPSA) is 74.6 Å². The standard InChI is InChI=1S/C21H26F2O4/c1-10(24)11-4-5-12-13-6-15(22)14-7-16(25)17(26)8-20(14,3)21(13,23)18(27)9-19(11,12)2/h7-8,11-13,15,18,26-27H,4-6,9H2,1-3H3/t11-,12+,13+,15+,18+,19-,20+,21+/m1/s1. The molecule has 0 heterocycles. The van der Waals surface area contributed by atoms with Crippen molar-refractivity contribution in [3.8, 4) is 0 Å². The molecule has 0 unspecified atom stereocenters. The summed E-state index contributed by atoms with van der Waals surface area (Å²) in [4.78, 5) is 24.0. The second-order valence-corrected chi connectivity index (χ2v) is 9.35. The van der Waals surface area contributed by atoms with Crippen molar-refractivity contribution in [1.29, 1.82) is 0 Å². The summed E-state index contributed by atoms with van der Waals surface area (Å²) in [7, 11) is 0. The number of ketones is 2. The molecule has 27 heavy (non-hydrogen) atoms. The van der Waals surface area contributed by atoms with Gasteiger partial charge in [-0.25, -0.2) is 8.78 Å². The number of fused-ring (bicyclic) bond motifs is 5. The van der Waals surface area contributed by atoms with E-state index in [2.05, 4.69) is 0 Å². The summed E-state index contributed by atoms with van der Waals surface area (Å²) in [5.74, 6) is -2.60. The van der Waals surface area contributed by atoms with E-state index in [9.17, 15) is 19.8 Å². The van der Waals surface area contributed by atoms with Gasteiger partial charge in [0.1, 0.15) is 12.0 Å². The van der Waals surface area contributed by atoms with Gasteiger partial charge in [0.05, 0.1) is 11.5 Å². The summed E-state index contributed by atoms with van der Waals surface area (Å²) < 4.78 is 31.9. The van der Waals surface area contributed by atoms with Gasteiger partial charge in [-0.3, -0.25) is 9.59 Å². The van der Waals surface area contributed by atoms with Crippen LogP contribution in [0.5, 0.6) is 0 Å². The van der Waals surface area contributed by atoms with Crippen LogP contribution in [0, 0.1) is 28.6 Å². The minimum absolute atomic E-state index is 0.00665. The van der Waals surface area contributed by atoms with Crippen molar-refractivity contribution in [2.45, 2.75) is 64.4 Å². The summed E-state index contributed by atoms with van der Waals surface area (Å²) in [5, 5.41) is 20.9. The number of rotatable bonds is 1. The zero-order valence-corrected chi connectivity index (χ0v) is 15.8. The molecular weight excluding hydrogens is 354 g/mol. The number of alkyl halides is 2. The quantitative estimate of drug-likeness (QED) is 0.731. The highest BCUT2D eigenvalue weighted by Gasteiger charge is 2.72. The van der Waals surface area contributed by atoms with E-state index >= 15 is 8.78 Å². The fourth-order valence-corrected chi connectivity index (χ4v) is 6.95. The van der Waals surface area contributed by atoms with Crippen molar-refractivity contribution in [3.63, 3.8) is 0 Å². The van der Waals surface area contributed by atoms with Crippen LogP contribution in [0.2, 0.25) is 0 Å². The Morgan fingerprint density at radius 1 is 1.26 bits per heavy atom. The third kappa shape index (κ3) is 2.11. The van der Waals surface area contributed by atoms with E-state index in [0.717, 1.165) is 12.2 Å². The maximum Gasteiger partial charge on any atom is 0.219 e. The zero-order valence-electron chi connectivity index (χ0n) is 15.8. The summed E-state index contributed by atoms with van der Waals surface area (Å²) in [6.07, 6.45) is 0.355. The molecule has 8 atom stereocenters. The van der Waals surface area contributed by atoms with Gasteiger partial charge in [0.25, 0.3) is 0 Å². The van der Waals surface area contributed by atoms with Crippen LogP contribution < -0.4 is 0 Å². The van der Waals surface area contributed by atoms with Gasteiger partial charge in [0.2, 0.25) is 5.78 Å². The fraction of sp³-hybridized carbons (Fsp3) is 0.714. The summed E-state index contributed by atoms with van der Waals surface area (Å²) in [6.45, 7) is 4.90. The molecule has 4 rings (SSSR count).